The molecule has 0 bridgehead atoms. The van der Waals surface area contributed by atoms with E-state index in [1.165, 1.54) is 4.90 Å². The normalized spacial score (nSPS) is 16.1. The molecule has 0 spiro atoms. The van der Waals surface area contributed by atoms with Gasteiger partial charge in [0, 0.05) is 28.8 Å². The Morgan fingerprint density at radius 2 is 1.96 bits per heavy atom. The van der Waals surface area contributed by atoms with Crippen molar-refractivity contribution in [2.45, 2.75) is 13.3 Å². The molecule has 0 saturated carbocycles. The SMILES string of the molecule is Cc1cc(Br)ccc1NC(=O)COc1ccc(N2C[C@H](C(N)=O)CC2=O)cc1. The van der Waals surface area contributed by atoms with Gasteiger partial charge in [-0.2, -0.15) is 0 Å². The lowest BCUT2D eigenvalue weighted by molar-refractivity contribution is -0.123. The molecule has 0 radical (unpaired) electrons. The summed E-state index contributed by atoms with van der Waals surface area (Å²) in [5, 5.41) is 2.80. The van der Waals surface area contributed by atoms with Gasteiger partial charge in [0.2, 0.25) is 11.8 Å². The Bertz CT molecular complexity index is 914. The van der Waals surface area contributed by atoms with E-state index in [0.717, 1.165) is 15.7 Å². The molecule has 2 aromatic rings. The number of carbonyl (C=O) groups excluding carboxylic acids is 3. The second-order valence-corrected chi connectivity index (χ2v) is 7.51. The number of nitrogens with one attached hydrogen (secondary N) is 1. The number of nitrogens with zero attached hydrogens (tertiary/aromatic N) is 1. The zero-order valence-electron chi connectivity index (χ0n) is 15.3. The molecule has 1 atom stereocenters. The van der Waals surface area contributed by atoms with Crippen LogP contribution in [0.15, 0.2) is 46.9 Å². The molecule has 2 aromatic carbocycles. The average molecular weight is 446 g/mol. The summed E-state index contributed by atoms with van der Waals surface area (Å²) in [6, 6.07) is 12.4. The zero-order valence-corrected chi connectivity index (χ0v) is 16.9. The molecule has 1 heterocycles. The summed E-state index contributed by atoms with van der Waals surface area (Å²) < 4.78 is 6.45. The van der Waals surface area contributed by atoms with Crippen LogP contribution in [0.25, 0.3) is 0 Å². The largest absolute Gasteiger partial charge is 0.484 e. The number of benzene rings is 2. The Balaban J connectivity index is 1.55. The van der Waals surface area contributed by atoms with E-state index >= 15 is 0 Å². The van der Waals surface area contributed by atoms with Crippen LogP contribution >= 0.6 is 15.9 Å². The van der Waals surface area contributed by atoms with Crippen molar-refractivity contribution in [1.29, 1.82) is 0 Å². The van der Waals surface area contributed by atoms with Crippen molar-refractivity contribution in [3.05, 3.63) is 52.5 Å². The van der Waals surface area contributed by atoms with Crippen molar-refractivity contribution in [3.8, 4) is 5.75 Å². The van der Waals surface area contributed by atoms with Crippen molar-refractivity contribution in [2.75, 3.05) is 23.4 Å². The van der Waals surface area contributed by atoms with Gasteiger partial charge in [-0.15, -0.1) is 0 Å². The minimum atomic E-state index is -0.470. The van der Waals surface area contributed by atoms with Crippen molar-refractivity contribution < 1.29 is 19.1 Å². The molecule has 8 heteroatoms. The monoisotopic (exact) mass is 445 g/mol. The number of nitrogens with two attached hydrogens (primary N) is 1. The number of hydrogen-bond acceptors (Lipinski definition) is 4. The number of amides is 3. The van der Waals surface area contributed by atoms with E-state index in [-0.39, 0.29) is 31.4 Å². The van der Waals surface area contributed by atoms with Gasteiger partial charge in [-0.3, -0.25) is 14.4 Å². The number of carbonyl (C=O) groups is 3. The number of aryl methyl sites for hydroxylation is 1. The molecular weight excluding hydrogens is 426 g/mol. The van der Waals surface area contributed by atoms with Crippen molar-refractivity contribution in [1.82, 2.24) is 0 Å². The molecule has 1 saturated heterocycles. The quantitative estimate of drug-likeness (QED) is 0.712. The van der Waals surface area contributed by atoms with Crippen LogP contribution < -0.4 is 20.7 Å². The van der Waals surface area contributed by atoms with E-state index < -0.39 is 11.8 Å². The van der Waals surface area contributed by atoms with E-state index in [1.807, 2.05) is 25.1 Å². The molecule has 0 aliphatic carbocycles. The molecule has 3 rings (SSSR count). The van der Waals surface area contributed by atoms with Crippen LogP contribution in [0.2, 0.25) is 0 Å². The second-order valence-electron chi connectivity index (χ2n) is 6.60. The van der Waals surface area contributed by atoms with Gasteiger partial charge in [0.1, 0.15) is 5.75 Å². The fourth-order valence-corrected chi connectivity index (χ4v) is 3.45. The third-order valence-corrected chi connectivity index (χ3v) is 5.00. The predicted octanol–water partition coefficient (Wildman–Crippen LogP) is 2.61. The Hall–Kier alpha value is -2.87. The van der Waals surface area contributed by atoms with Crippen molar-refractivity contribution >= 4 is 45.0 Å². The first-order valence-electron chi connectivity index (χ1n) is 8.72. The lowest BCUT2D eigenvalue weighted by atomic mass is 10.1. The van der Waals surface area contributed by atoms with Crippen LogP contribution in [0.4, 0.5) is 11.4 Å². The summed E-state index contributed by atoms with van der Waals surface area (Å²) in [5.74, 6) is -0.836. The van der Waals surface area contributed by atoms with Crippen LogP contribution in [0, 0.1) is 12.8 Å². The van der Waals surface area contributed by atoms with E-state index in [4.69, 9.17) is 10.5 Å². The average Bonchev–Trinajstić information content (AvgIpc) is 3.05. The van der Waals surface area contributed by atoms with E-state index in [9.17, 15) is 14.4 Å². The first-order chi connectivity index (χ1) is 13.3. The highest BCUT2D eigenvalue weighted by Crippen LogP contribution is 2.27. The van der Waals surface area contributed by atoms with E-state index in [1.54, 1.807) is 24.3 Å². The summed E-state index contributed by atoms with van der Waals surface area (Å²) in [7, 11) is 0. The summed E-state index contributed by atoms with van der Waals surface area (Å²) in [4.78, 5) is 36.9. The van der Waals surface area contributed by atoms with Gasteiger partial charge in [0.15, 0.2) is 6.61 Å². The zero-order chi connectivity index (χ0) is 20.3. The van der Waals surface area contributed by atoms with Crippen molar-refractivity contribution in [3.63, 3.8) is 0 Å². The van der Waals surface area contributed by atoms with Gasteiger partial charge in [-0.1, -0.05) is 15.9 Å². The van der Waals surface area contributed by atoms with Crippen LogP contribution in [-0.2, 0) is 14.4 Å². The minimum absolute atomic E-state index is 0.128. The molecule has 1 fully saturated rings. The number of rotatable bonds is 6. The maximum absolute atomic E-state index is 12.1. The molecule has 1 aliphatic rings. The van der Waals surface area contributed by atoms with Crippen LogP contribution in [-0.4, -0.2) is 30.9 Å². The number of ether oxygens (including phenoxy) is 1. The smallest absolute Gasteiger partial charge is 0.262 e. The number of hydrogen-bond donors (Lipinski definition) is 2. The number of anilines is 2. The molecule has 146 valence electrons. The van der Waals surface area contributed by atoms with Gasteiger partial charge < -0.3 is 20.7 Å². The number of halogens is 1. The fraction of sp³-hybridized carbons (Fsp3) is 0.250. The van der Waals surface area contributed by atoms with Gasteiger partial charge in [0.05, 0.1) is 5.92 Å². The lowest BCUT2D eigenvalue weighted by Crippen LogP contribution is -2.28. The molecule has 3 N–H and O–H groups in total. The first-order valence-corrected chi connectivity index (χ1v) is 9.51. The van der Waals surface area contributed by atoms with Gasteiger partial charge in [0.25, 0.3) is 5.91 Å². The van der Waals surface area contributed by atoms with Gasteiger partial charge >= 0.3 is 0 Å². The predicted molar refractivity (Wildman–Crippen MR) is 109 cm³/mol. The maximum Gasteiger partial charge on any atom is 0.262 e. The molecule has 0 aromatic heterocycles. The standard InChI is InChI=1S/C20H20BrN3O4/c1-12-8-14(21)2-7-17(12)23-18(25)11-28-16-5-3-15(4-6-16)24-10-13(20(22)27)9-19(24)26/h2-8,13H,9-11H2,1H3,(H2,22,27)(H,23,25)/t13-/m1/s1. The first kappa shape index (κ1) is 19.9. The highest BCUT2D eigenvalue weighted by Gasteiger charge is 2.33. The van der Waals surface area contributed by atoms with Crippen LogP contribution in [0.1, 0.15) is 12.0 Å². The summed E-state index contributed by atoms with van der Waals surface area (Å²) >= 11 is 3.38. The van der Waals surface area contributed by atoms with Crippen LogP contribution in [0.3, 0.4) is 0 Å². The molecular formula is C20H20BrN3O4. The van der Waals surface area contributed by atoms with E-state index in [2.05, 4.69) is 21.2 Å². The lowest BCUT2D eigenvalue weighted by Gasteiger charge is -2.16. The third kappa shape index (κ3) is 4.69. The summed E-state index contributed by atoms with van der Waals surface area (Å²) in [6.45, 7) is 2.05. The molecule has 3 amide bonds. The number of primary amides is 1. The van der Waals surface area contributed by atoms with E-state index in [0.29, 0.717) is 11.4 Å². The molecule has 0 unspecified atom stereocenters. The highest BCUT2D eigenvalue weighted by atomic mass is 79.9. The summed E-state index contributed by atoms with van der Waals surface area (Å²) in [5.41, 5.74) is 7.62. The Morgan fingerprint density at radius 1 is 1.25 bits per heavy atom. The van der Waals surface area contributed by atoms with Gasteiger partial charge in [-0.25, -0.2) is 0 Å². The van der Waals surface area contributed by atoms with Crippen LogP contribution in [0.5, 0.6) is 5.75 Å². The highest BCUT2D eigenvalue weighted by molar-refractivity contribution is 9.10. The molecule has 1 aliphatic heterocycles. The Labute approximate surface area is 171 Å². The molecule has 28 heavy (non-hydrogen) atoms. The Morgan fingerprint density at radius 3 is 2.57 bits per heavy atom. The summed E-state index contributed by atoms with van der Waals surface area (Å²) in [6.07, 6.45) is 0.128. The van der Waals surface area contributed by atoms with Crippen molar-refractivity contribution in [2.24, 2.45) is 11.7 Å². The maximum atomic E-state index is 12.1. The fourth-order valence-electron chi connectivity index (χ4n) is 2.97. The Kier molecular flexibility index (Phi) is 5.99. The molecule has 7 nitrogen and oxygen atoms in total. The third-order valence-electron chi connectivity index (χ3n) is 4.51. The second kappa shape index (κ2) is 8.43. The topological polar surface area (TPSA) is 102 Å². The van der Waals surface area contributed by atoms with Gasteiger partial charge in [-0.05, 0) is 55.0 Å². The minimum Gasteiger partial charge on any atom is -0.484 e.